The highest BCUT2D eigenvalue weighted by Gasteiger charge is 2.13. The van der Waals surface area contributed by atoms with Crippen molar-refractivity contribution in [2.45, 2.75) is 0 Å². The van der Waals surface area contributed by atoms with Crippen LogP contribution in [-0.2, 0) is 4.74 Å². The van der Waals surface area contributed by atoms with Crippen molar-refractivity contribution in [3.63, 3.8) is 0 Å². The Labute approximate surface area is 94.5 Å². The molecule has 1 saturated heterocycles. The Morgan fingerprint density at radius 3 is 2.75 bits per heavy atom. The van der Waals surface area contributed by atoms with Crippen LogP contribution in [0.1, 0.15) is 0 Å². The molecule has 1 aliphatic heterocycles. The smallest absolute Gasteiger partial charge is 0.148 e. The Morgan fingerprint density at radius 1 is 1.38 bits per heavy atom. The molecule has 1 aromatic carbocycles. The van der Waals surface area contributed by atoms with Crippen LogP contribution in [0.4, 0.5) is 11.4 Å². The summed E-state index contributed by atoms with van der Waals surface area (Å²) in [5, 5.41) is 3.41. The Bertz CT molecular complexity index is 375. The van der Waals surface area contributed by atoms with Crippen molar-refractivity contribution in [1.82, 2.24) is 0 Å². The minimum Gasteiger partial charge on any atom is -0.494 e. The van der Waals surface area contributed by atoms with E-state index < -0.39 is 0 Å². The second-order valence-electron chi connectivity index (χ2n) is 3.57. The third-order valence-corrected chi connectivity index (χ3v) is 2.66. The van der Waals surface area contributed by atoms with Crippen LogP contribution in [0.3, 0.4) is 0 Å². The van der Waals surface area contributed by atoms with E-state index in [0.717, 1.165) is 32.0 Å². The van der Waals surface area contributed by atoms with Gasteiger partial charge in [0.2, 0.25) is 0 Å². The van der Waals surface area contributed by atoms with Gasteiger partial charge in [0.05, 0.1) is 20.3 Å². The number of rotatable bonds is 3. The Morgan fingerprint density at radius 2 is 2.12 bits per heavy atom. The number of ether oxygens (including phenoxy) is 2. The van der Waals surface area contributed by atoms with Gasteiger partial charge in [0.15, 0.2) is 0 Å². The molecule has 0 spiro atoms. The van der Waals surface area contributed by atoms with Gasteiger partial charge >= 0.3 is 0 Å². The van der Waals surface area contributed by atoms with Crippen molar-refractivity contribution < 1.29 is 9.47 Å². The van der Waals surface area contributed by atoms with Crippen LogP contribution in [-0.4, -0.2) is 33.4 Å². The monoisotopic (exact) mass is 221 g/mol. The van der Waals surface area contributed by atoms with E-state index in [0.29, 0.717) is 11.4 Å². The van der Waals surface area contributed by atoms with Gasteiger partial charge in [-0.1, -0.05) is 0 Å². The van der Waals surface area contributed by atoms with Gasteiger partial charge < -0.3 is 14.4 Å². The van der Waals surface area contributed by atoms with Crippen molar-refractivity contribution in [3.8, 4) is 5.75 Å². The number of hydrogen-bond acceptors (Lipinski definition) is 5. The summed E-state index contributed by atoms with van der Waals surface area (Å²) in [6.45, 7) is 3.29. The van der Waals surface area contributed by atoms with Gasteiger partial charge in [-0.25, -0.2) is 5.53 Å². The number of methoxy groups -OCH3 is 1. The summed E-state index contributed by atoms with van der Waals surface area (Å²) in [5.74, 6) is 0.638. The summed E-state index contributed by atoms with van der Waals surface area (Å²) in [6.07, 6.45) is 0. The van der Waals surface area contributed by atoms with Gasteiger partial charge in [-0.3, -0.25) is 0 Å². The van der Waals surface area contributed by atoms with Crippen LogP contribution in [0.25, 0.3) is 0 Å². The van der Waals surface area contributed by atoms with Crippen molar-refractivity contribution >= 4 is 11.4 Å². The van der Waals surface area contributed by atoms with Gasteiger partial charge in [0.1, 0.15) is 11.4 Å². The molecule has 5 heteroatoms. The van der Waals surface area contributed by atoms with E-state index in [1.54, 1.807) is 13.2 Å². The molecule has 1 aromatic rings. The SMILES string of the molecule is COc1cc(N2CCOCC2)ccc1N=N. The number of hydrogen-bond donors (Lipinski definition) is 1. The highest BCUT2D eigenvalue weighted by atomic mass is 16.5. The fourth-order valence-corrected chi connectivity index (χ4v) is 1.78. The maximum atomic E-state index is 7.01. The minimum absolute atomic E-state index is 0.555. The van der Waals surface area contributed by atoms with Crippen LogP contribution in [0, 0.1) is 5.53 Å². The Hall–Kier alpha value is -1.62. The molecule has 1 aliphatic rings. The molecule has 0 unspecified atom stereocenters. The second kappa shape index (κ2) is 4.94. The lowest BCUT2D eigenvalue weighted by Crippen LogP contribution is -2.36. The molecule has 0 saturated carbocycles. The van der Waals surface area contributed by atoms with Crippen LogP contribution in [0.5, 0.6) is 5.75 Å². The molecule has 0 atom stereocenters. The van der Waals surface area contributed by atoms with E-state index in [9.17, 15) is 0 Å². The van der Waals surface area contributed by atoms with Gasteiger partial charge in [0, 0.05) is 24.8 Å². The number of nitrogens with one attached hydrogen (secondary N) is 1. The normalized spacial score (nSPS) is 15.9. The Balaban J connectivity index is 2.24. The van der Waals surface area contributed by atoms with Crippen LogP contribution in [0.15, 0.2) is 23.3 Å². The summed E-state index contributed by atoms with van der Waals surface area (Å²) >= 11 is 0. The van der Waals surface area contributed by atoms with E-state index in [-0.39, 0.29) is 0 Å². The quantitative estimate of drug-likeness (QED) is 0.796. The average molecular weight is 221 g/mol. The summed E-state index contributed by atoms with van der Waals surface area (Å²) < 4.78 is 10.5. The van der Waals surface area contributed by atoms with Gasteiger partial charge in [-0.05, 0) is 12.1 Å². The largest absolute Gasteiger partial charge is 0.494 e. The molecule has 0 aliphatic carbocycles. The zero-order valence-electron chi connectivity index (χ0n) is 9.27. The molecule has 1 heterocycles. The molecule has 0 bridgehead atoms. The summed E-state index contributed by atoms with van der Waals surface area (Å²) in [7, 11) is 1.59. The summed E-state index contributed by atoms with van der Waals surface area (Å²) in [6, 6.07) is 5.68. The summed E-state index contributed by atoms with van der Waals surface area (Å²) in [4.78, 5) is 2.24. The molecular weight excluding hydrogens is 206 g/mol. The van der Waals surface area contributed by atoms with E-state index >= 15 is 0 Å². The van der Waals surface area contributed by atoms with Gasteiger partial charge in [0.25, 0.3) is 0 Å². The van der Waals surface area contributed by atoms with E-state index in [1.165, 1.54) is 0 Å². The Kier molecular flexibility index (Phi) is 3.36. The number of anilines is 1. The maximum absolute atomic E-state index is 7.01. The maximum Gasteiger partial charge on any atom is 0.148 e. The van der Waals surface area contributed by atoms with Crippen molar-refractivity contribution in [2.75, 3.05) is 38.3 Å². The molecule has 0 radical (unpaired) electrons. The summed E-state index contributed by atoms with van der Waals surface area (Å²) in [5.41, 5.74) is 8.66. The van der Waals surface area contributed by atoms with Crippen LogP contribution in [0.2, 0.25) is 0 Å². The van der Waals surface area contributed by atoms with E-state index in [2.05, 4.69) is 10.0 Å². The molecule has 5 nitrogen and oxygen atoms in total. The number of morpholine rings is 1. The first-order valence-electron chi connectivity index (χ1n) is 5.23. The van der Waals surface area contributed by atoms with Gasteiger partial charge in [-0.15, -0.1) is 0 Å². The van der Waals surface area contributed by atoms with Crippen LogP contribution < -0.4 is 9.64 Å². The fraction of sp³-hybridized carbons (Fsp3) is 0.455. The molecule has 16 heavy (non-hydrogen) atoms. The first-order chi connectivity index (χ1) is 7.85. The molecule has 1 N–H and O–H groups in total. The average Bonchev–Trinajstić information content (AvgIpc) is 2.39. The lowest BCUT2D eigenvalue weighted by atomic mass is 10.2. The van der Waals surface area contributed by atoms with Crippen molar-refractivity contribution in [2.24, 2.45) is 5.11 Å². The molecule has 1 fully saturated rings. The van der Waals surface area contributed by atoms with Gasteiger partial charge in [-0.2, -0.15) is 5.11 Å². The number of nitrogens with zero attached hydrogens (tertiary/aromatic N) is 2. The first-order valence-corrected chi connectivity index (χ1v) is 5.23. The zero-order chi connectivity index (χ0) is 11.4. The topological polar surface area (TPSA) is 57.9 Å². The third-order valence-electron chi connectivity index (χ3n) is 2.66. The number of benzene rings is 1. The predicted molar refractivity (Wildman–Crippen MR) is 60.8 cm³/mol. The lowest BCUT2D eigenvalue weighted by molar-refractivity contribution is 0.122. The standard InChI is InChI=1S/C11H15N3O2/c1-15-11-8-9(2-3-10(11)13-12)14-4-6-16-7-5-14/h2-3,8,12H,4-7H2,1H3. The molecule has 0 amide bonds. The fourth-order valence-electron chi connectivity index (χ4n) is 1.78. The molecule has 86 valence electrons. The first kappa shape index (κ1) is 10.9. The molecular formula is C11H15N3O2. The third kappa shape index (κ3) is 2.14. The van der Waals surface area contributed by atoms with E-state index in [4.69, 9.17) is 15.0 Å². The zero-order valence-corrected chi connectivity index (χ0v) is 9.27. The molecule has 0 aromatic heterocycles. The molecule has 2 rings (SSSR count). The highest BCUT2D eigenvalue weighted by molar-refractivity contribution is 5.61. The van der Waals surface area contributed by atoms with E-state index in [1.807, 2.05) is 12.1 Å². The van der Waals surface area contributed by atoms with Crippen molar-refractivity contribution in [1.29, 1.82) is 5.53 Å². The van der Waals surface area contributed by atoms with Crippen molar-refractivity contribution in [3.05, 3.63) is 18.2 Å². The lowest BCUT2D eigenvalue weighted by Gasteiger charge is -2.29. The highest BCUT2D eigenvalue weighted by Crippen LogP contribution is 2.31. The minimum atomic E-state index is 0.555. The van der Waals surface area contributed by atoms with Crippen LogP contribution >= 0.6 is 0 Å². The second-order valence-corrected chi connectivity index (χ2v) is 3.57. The predicted octanol–water partition coefficient (Wildman–Crippen LogP) is 2.19.